The number of methoxy groups -OCH3 is 1. The van der Waals surface area contributed by atoms with Crippen LogP contribution in [0.4, 0.5) is 5.95 Å². The second kappa shape index (κ2) is 8.12. The van der Waals surface area contributed by atoms with Gasteiger partial charge >= 0.3 is 5.69 Å². The molecule has 2 N–H and O–H groups in total. The number of hydrogen-bond acceptors (Lipinski definition) is 6. The Kier molecular flexibility index (Phi) is 5.78. The van der Waals surface area contributed by atoms with E-state index < -0.39 is 11.2 Å². The van der Waals surface area contributed by atoms with E-state index in [1.54, 1.807) is 18.7 Å². The number of anilines is 1. The topological polar surface area (TPSA) is 103 Å². The number of aliphatic hydroxyl groups is 1. The zero-order valence-corrected chi connectivity index (χ0v) is 17.3. The number of rotatable bonds is 7. The molecular formula is C20H27N5O4. The third-order valence-electron chi connectivity index (χ3n) is 5.14. The quantitative estimate of drug-likeness (QED) is 0.610. The molecule has 0 bridgehead atoms. The van der Waals surface area contributed by atoms with Crippen LogP contribution in [-0.2, 0) is 20.6 Å². The van der Waals surface area contributed by atoms with Crippen LogP contribution < -0.4 is 21.3 Å². The van der Waals surface area contributed by atoms with Gasteiger partial charge in [-0.25, -0.2) is 4.79 Å². The Morgan fingerprint density at radius 3 is 2.55 bits per heavy atom. The Balaban J connectivity index is 2.24. The van der Waals surface area contributed by atoms with Crippen LogP contribution in [0.5, 0.6) is 5.75 Å². The van der Waals surface area contributed by atoms with E-state index in [0.29, 0.717) is 29.4 Å². The highest BCUT2D eigenvalue weighted by atomic mass is 16.5. The molecule has 2 aromatic heterocycles. The van der Waals surface area contributed by atoms with Crippen molar-refractivity contribution in [3.8, 4) is 5.75 Å². The van der Waals surface area contributed by atoms with Crippen LogP contribution in [0, 0.1) is 5.92 Å². The molecule has 3 aromatic rings. The molecule has 0 aliphatic rings. The Hall–Kier alpha value is -3.07. The Labute approximate surface area is 168 Å². The summed E-state index contributed by atoms with van der Waals surface area (Å²) >= 11 is 0. The maximum absolute atomic E-state index is 12.9. The number of imidazole rings is 1. The molecule has 1 aromatic carbocycles. The summed E-state index contributed by atoms with van der Waals surface area (Å²) < 4.78 is 9.47. The van der Waals surface area contributed by atoms with Gasteiger partial charge in [-0.05, 0) is 23.6 Å². The lowest BCUT2D eigenvalue weighted by atomic mass is 10.1. The van der Waals surface area contributed by atoms with E-state index in [-0.39, 0.29) is 18.6 Å². The predicted molar refractivity (Wildman–Crippen MR) is 112 cm³/mol. The van der Waals surface area contributed by atoms with Gasteiger partial charge in [-0.2, -0.15) is 4.98 Å². The van der Waals surface area contributed by atoms with Crippen molar-refractivity contribution in [3.05, 3.63) is 50.7 Å². The lowest BCUT2D eigenvalue weighted by molar-refractivity contribution is 0.248. The molecule has 0 radical (unpaired) electrons. The molecule has 156 valence electrons. The number of aryl methyl sites for hydroxylation is 1. The van der Waals surface area contributed by atoms with Gasteiger partial charge in [0.25, 0.3) is 5.56 Å². The van der Waals surface area contributed by atoms with Crippen LogP contribution >= 0.6 is 0 Å². The predicted octanol–water partition coefficient (Wildman–Crippen LogP) is 0.919. The molecule has 1 atom stereocenters. The molecule has 0 unspecified atom stereocenters. The van der Waals surface area contributed by atoms with E-state index in [0.717, 1.165) is 10.1 Å². The van der Waals surface area contributed by atoms with Gasteiger partial charge in [-0.3, -0.25) is 18.5 Å². The standard InChI is InChI=1S/C20H27N5O4/c1-12(2)15(11-26)21-19-22-17-16(18(27)24(4)20(28)23(17)3)25(19)10-13-7-6-8-14(9-13)29-5/h6-9,12,15,26H,10-11H2,1-5H3,(H,21,22)/t15-/m0/s1. The number of ether oxygens (including phenoxy) is 1. The number of fused-ring (bicyclic) bond motifs is 1. The van der Waals surface area contributed by atoms with Gasteiger partial charge in [-0.15, -0.1) is 0 Å². The first-order valence-corrected chi connectivity index (χ1v) is 9.45. The fraction of sp³-hybridized carbons (Fsp3) is 0.450. The number of aromatic nitrogens is 4. The molecule has 0 aliphatic heterocycles. The molecular weight excluding hydrogens is 374 g/mol. The highest BCUT2D eigenvalue weighted by molar-refractivity contribution is 5.74. The fourth-order valence-electron chi connectivity index (χ4n) is 3.25. The van der Waals surface area contributed by atoms with Crippen LogP contribution in [0.3, 0.4) is 0 Å². The molecule has 29 heavy (non-hydrogen) atoms. The zero-order valence-electron chi connectivity index (χ0n) is 17.3. The Bertz CT molecular complexity index is 1140. The molecule has 0 saturated heterocycles. The second-order valence-corrected chi connectivity index (χ2v) is 7.43. The van der Waals surface area contributed by atoms with Gasteiger partial charge in [0.2, 0.25) is 5.95 Å². The number of aliphatic hydroxyl groups excluding tert-OH is 1. The molecule has 2 heterocycles. The summed E-state index contributed by atoms with van der Waals surface area (Å²) in [6, 6.07) is 7.28. The minimum Gasteiger partial charge on any atom is -0.497 e. The van der Waals surface area contributed by atoms with Gasteiger partial charge in [0, 0.05) is 14.1 Å². The number of nitrogens with one attached hydrogen (secondary N) is 1. The van der Waals surface area contributed by atoms with Crippen LogP contribution in [0.2, 0.25) is 0 Å². The molecule has 0 aliphatic carbocycles. The summed E-state index contributed by atoms with van der Waals surface area (Å²) in [6.07, 6.45) is 0. The Morgan fingerprint density at radius 1 is 1.21 bits per heavy atom. The van der Waals surface area contributed by atoms with Gasteiger partial charge in [0.1, 0.15) is 5.75 Å². The smallest absolute Gasteiger partial charge is 0.332 e. The van der Waals surface area contributed by atoms with Crippen molar-refractivity contribution in [2.75, 3.05) is 19.0 Å². The lowest BCUT2D eigenvalue weighted by Crippen LogP contribution is -2.37. The molecule has 9 nitrogen and oxygen atoms in total. The largest absolute Gasteiger partial charge is 0.497 e. The average molecular weight is 401 g/mol. The number of hydrogen-bond donors (Lipinski definition) is 2. The molecule has 0 spiro atoms. The maximum atomic E-state index is 12.9. The molecule has 0 saturated carbocycles. The van der Waals surface area contributed by atoms with E-state index in [4.69, 9.17) is 4.74 Å². The van der Waals surface area contributed by atoms with Crippen molar-refractivity contribution >= 4 is 17.1 Å². The SMILES string of the molecule is COc1cccc(Cn2c(N[C@@H](CO)C(C)C)nc3c2c(=O)n(C)c(=O)n3C)c1. The highest BCUT2D eigenvalue weighted by Gasteiger charge is 2.22. The maximum Gasteiger partial charge on any atom is 0.332 e. The van der Waals surface area contributed by atoms with E-state index in [9.17, 15) is 14.7 Å². The number of benzene rings is 1. The van der Waals surface area contributed by atoms with Crippen molar-refractivity contribution in [3.63, 3.8) is 0 Å². The minimum atomic E-state index is -0.442. The Morgan fingerprint density at radius 2 is 1.93 bits per heavy atom. The van der Waals surface area contributed by atoms with Gasteiger partial charge in [0.15, 0.2) is 11.2 Å². The molecule has 0 amide bonds. The van der Waals surface area contributed by atoms with Crippen LogP contribution in [0.25, 0.3) is 11.2 Å². The van der Waals surface area contributed by atoms with Crippen molar-refractivity contribution in [1.82, 2.24) is 18.7 Å². The van der Waals surface area contributed by atoms with E-state index >= 15 is 0 Å². The average Bonchev–Trinajstić information content (AvgIpc) is 3.06. The van der Waals surface area contributed by atoms with Crippen molar-refractivity contribution in [1.29, 1.82) is 0 Å². The fourth-order valence-corrected chi connectivity index (χ4v) is 3.25. The molecule has 9 heteroatoms. The van der Waals surface area contributed by atoms with E-state index in [2.05, 4.69) is 10.3 Å². The highest BCUT2D eigenvalue weighted by Crippen LogP contribution is 2.21. The van der Waals surface area contributed by atoms with Crippen LogP contribution in [-0.4, -0.2) is 43.6 Å². The van der Waals surface area contributed by atoms with Crippen molar-refractivity contribution in [2.45, 2.75) is 26.4 Å². The van der Waals surface area contributed by atoms with Crippen LogP contribution in [0.1, 0.15) is 19.4 Å². The summed E-state index contributed by atoms with van der Waals surface area (Å²) in [7, 11) is 4.63. The van der Waals surface area contributed by atoms with Gasteiger partial charge < -0.3 is 15.2 Å². The molecule has 3 rings (SSSR count). The normalized spacial score (nSPS) is 12.5. The first-order chi connectivity index (χ1) is 13.8. The number of nitrogens with zero attached hydrogens (tertiary/aromatic N) is 4. The van der Waals surface area contributed by atoms with Gasteiger partial charge in [-0.1, -0.05) is 26.0 Å². The summed E-state index contributed by atoms with van der Waals surface area (Å²) in [6.45, 7) is 4.23. The first-order valence-electron chi connectivity index (χ1n) is 9.45. The van der Waals surface area contributed by atoms with E-state index in [1.165, 1.54) is 11.6 Å². The summed E-state index contributed by atoms with van der Waals surface area (Å²) in [5, 5.41) is 13.0. The van der Waals surface area contributed by atoms with E-state index in [1.807, 2.05) is 38.1 Å². The zero-order chi connectivity index (χ0) is 21.3. The van der Waals surface area contributed by atoms with Crippen molar-refractivity contribution < 1.29 is 9.84 Å². The lowest BCUT2D eigenvalue weighted by Gasteiger charge is -2.21. The summed E-state index contributed by atoms with van der Waals surface area (Å²) in [4.78, 5) is 29.8. The van der Waals surface area contributed by atoms with Gasteiger partial charge in [0.05, 0.1) is 26.3 Å². The second-order valence-electron chi connectivity index (χ2n) is 7.43. The summed E-state index contributed by atoms with van der Waals surface area (Å²) in [5.74, 6) is 1.27. The summed E-state index contributed by atoms with van der Waals surface area (Å²) in [5.41, 5.74) is 0.663. The van der Waals surface area contributed by atoms with Crippen LogP contribution in [0.15, 0.2) is 33.9 Å². The third-order valence-corrected chi connectivity index (χ3v) is 5.14. The third kappa shape index (κ3) is 3.77. The minimum absolute atomic E-state index is 0.0863. The van der Waals surface area contributed by atoms with Crippen molar-refractivity contribution in [2.24, 2.45) is 20.0 Å². The first kappa shape index (κ1) is 20.7. The monoisotopic (exact) mass is 401 g/mol. The molecule has 0 fully saturated rings.